The van der Waals surface area contributed by atoms with Crippen molar-refractivity contribution in [2.75, 3.05) is 6.61 Å². The molecule has 1 aliphatic rings. The Hall–Kier alpha value is -2.10. The van der Waals surface area contributed by atoms with Crippen molar-refractivity contribution in [3.8, 4) is 5.75 Å². The summed E-state index contributed by atoms with van der Waals surface area (Å²) in [5.41, 5.74) is 0.842. The second kappa shape index (κ2) is 5.90. The molecule has 1 heterocycles. The summed E-state index contributed by atoms with van der Waals surface area (Å²) in [4.78, 5) is 32.8. The molecule has 2 rings (SSSR count). The molecule has 1 aromatic rings. The number of hydrogen-bond acceptors (Lipinski definition) is 4. The highest BCUT2D eigenvalue weighted by molar-refractivity contribution is 14.1. The van der Waals surface area contributed by atoms with Crippen molar-refractivity contribution >= 4 is 46.6 Å². The number of ether oxygens (including phenoxy) is 1. The van der Waals surface area contributed by atoms with Crippen LogP contribution in [-0.2, 0) is 9.59 Å². The summed E-state index contributed by atoms with van der Waals surface area (Å²) in [6, 6.07) is 4.41. The number of hydrogen-bond donors (Lipinski definition) is 3. The minimum atomic E-state index is -1.06. The van der Waals surface area contributed by atoms with Crippen LogP contribution in [0.2, 0.25) is 0 Å². The van der Waals surface area contributed by atoms with Crippen molar-refractivity contribution in [1.29, 1.82) is 0 Å². The second-order valence-electron chi connectivity index (χ2n) is 3.84. The molecule has 0 atom stereocenters. The largest absolute Gasteiger partial charge is 0.481 e. The van der Waals surface area contributed by atoms with Gasteiger partial charge in [0.15, 0.2) is 6.61 Å². The third-order valence-corrected chi connectivity index (χ3v) is 3.18. The minimum absolute atomic E-state index is 0.157. The molecule has 0 radical (unpaired) electrons. The average molecular weight is 388 g/mol. The van der Waals surface area contributed by atoms with E-state index in [-0.39, 0.29) is 5.70 Å². The Morgan fingerprint density at radius 1 is 1.35 bits per heavy atom. The van der Waals surface area contributed by atoms with Gasteiger partial charge in [-0.3, -0.25) is 10.1 Å². The Kier molecular flexibility index (Phi) is 4.23. The molecular weight excluding hydrogens is 379 g/mol. The molecule has 1 aromatic carbocycles. The van der Waals surface area contributed by atoms with Crippen LogP contribution in [0.15, 0.2) is 23.9 Å². The van der Waals surface area contributed by atoms with Gasteiger partial charge >= 0.3 is 12.0 Å². The number of carbonyl (C=O) groups is 3. The standard InChI is InChI=1S/C12H9IN2O5/c13-7-3-6(1-2-9(7)20-5-10(16)17)4-8-11(18)15-12(19)14-8/h1-4H,5H2,(H,16,17)(H2,14,15,18,19). The second-order valence-corrected chi connectivity index (χ2v) is 5.00. The summed E-state index contributed by atoms with van der Waals surface area (Å²) in [5, 5.41) is 13.0. The number of rotatable bonds is 4. The van der Waals surface area contributed by atoms with Gasteiger partial charge in [0.25, 0.3) is 5.91 Å². The van der Waals surface area contributed by atoms with E-state index in [0.717, 1.165) is 0 Å². The lowest BCUT2D eigenvalue weighted by Gasteiger charge is -2.06. The van der Waals surface area contributed by atoms with Crippen molar-refractivity contribution in [2.24, 2.45) is 0 Å². The van der Waals surface area contributed by atoms with Crippen LogP contribution in [0.1, 0.15) is 5.56 Å². The van der Waals surface area contributed by atoms with Crippen molar-refractivity contribution in [1.82, 2.24) is 10.6 Å². The monoisotopic (exact) mass is 388 g/mol. The van der Waals surface area contributed by atoms with Gasteiger partial charge in [-0.2, -0.15) is 0 Å². The molecule has 0 saturated carbocycles. The zero-order valence-corrected chi connectivity index (χ0v) is 12.1. The lowest BCUT2D eigenvalue weighted by Crippen LogP contribution is -2.22. The number of halogens is 1. The number of aliphatic carboxylic acids is 1. The lowest BCUT2D eigenvalue weighted by atomic mass is 10.2. The van der Waals surface area contributed by atoms with Crippen LogP contribution < -0.4 is 15.4 Å². The third kappa shape index (κ3) is 3.47. The fraction of sp³-hybridized carbons (Fsp3) is 0.0833. The fourth-order valence-corrected chi connectivity index (χ4v) is 2.21. The highest BCUT2D eigenvalue weighted by Crippen LogP contribution is 2.23. The minimum Gasteiger partial charge on any atom is -0.481 e. The number of imide groups is 1. The molecule has 0 aliphatic carbocycles. The number of carboxylic acid groups (broad SMARTS) is 1. The maximum absolute atomic E-state index is 11.4. The Labute approximate surface area is 127 Å². The molecule has 0 unspecified atom stereocenters. The van der Waals surface area contributed by atoms with Crippen LogP contribution in [0, 0.1) is 3.57 Å². The van der Waals surface area contributed by atoms with Gasteiger partial charge in [0.05, 0.1) is 3.57 Å². The first-order valence-electron chi connectivity index (χ1n) is 5.44. The van der Waals surface area contributed by atoms with Crippen molar-refractivity contribution in [3.63, 3.8) is 0 Å². The predicted octanol–water partition coefficient (Wildman–Crippen LogP) is 0.935. The Morgan fingerprint density at radius 3 is 2.65 bits per heavy atom. The predicted molar refractivity (Wildman–Crippen MR) is 76.9 cm³/mol. The molecule has 3 amide bonds. The molecule has 20 heavy (non-hydrogen) atoms. The van der Waals surface area contributed by atoms with Crippen LogP contribution in [0.25, 0.3) is 6.08 Å². The van der Waals surface area contributed by atoms with E-state index >= 15 is 0 Å². The van der Waals surface area contributed by atoms with E-state index in [1.807, 2.05) is 22.6 Å². The molecule has 8 heteroatoms. The van der Waals surface area contributed by atoms with Crippen molar-refractivity contribution in [3.05, 3.63) is 33.0 Å². The van der Waals surface area contributed by atoms with Gasteiger partial charge in [0.1, 0.15) is 11.4 Å². The summed E-state index contributed by atoms with van der Waals surface area (Å²) in [7, 11) is 0. The van der Waals surface area contributed by atoms with E-state index in [4.69, 9.17) is 9.84 Å². The molecule has 1 fully saturated rings. The molecule has 0 bridgehead atoms. The Balaban J connectivity index is 2.17. The molecule has 3 N–H and O–H groups in total. The highest BCUT2D eigenvalue weighted by Gasteiger charge is 2.22. The molecule has 7 nitrogen and oxygen atoms in total. The first-order valence-corrected chi connectivity index (χ1v) is 6.52. The van der Waals surface area contributed by atoms with E-state index in [1.165, 1.54) is 6.08 Å². The summed E-state index contributed by atoms with van der Waals surface area (Å²) in [6.07, 6.45) is 1.52. The first kappa shape index (κ1) is 14.3. The molecule has 104 valence electrons. The summed E-state index contributed by atoms with van der Waals surface area (Å²) < 4.78 is 5.78. The van der Waals surface area contributed by atoms with Crippen molar-refractivity contribution < 1.29 is 24.2 Å². The van der Waals surface area contributed by atoms with Gasteiger partial charge in [-0.25, -0.2) is 9.59 Å². The van der Waals surface area contributed by atoms with E-state index < -0.39 is 24.5 Å². The van der Waals surface area contributed by atoms with Crippen LogP contribution >= 0.6 is 22.6 Å². The number of carboxylic acids is 1. The first-order chi connectivity index (χ1) is 9.45. The van der Waals surface area contributed by atoms with E-state index in [2.05, 4.69) is 10.6 Å². The molecule has 0 spiro atoms. The van der Waals surface area contributed by atoms with Gasteiger partial charge in [0, 0.05) is 0 Å². The van der Waals surface area contributed by atoms with Gasteiger partial charge in [-0.05, 0) is 46.4 Å². The summed E-state index contributed by atoms with van der Waals surface area (Å²) in [5.74, 6) is -1.11. The smallest absolute Gasteiger partial charge is 0.341 e. The number of urea groups is 1. The maximum Gasteiger partial charge on any atom is 0.341 e. The maximum atomic E-state index is 11.4. The Morgan fingerprint density at radius 2 is 2.10 bits per heavy atom. The van der Waals surface area contributed by atoms with Gasteiger partial charge in [0.2, 0.25) is 0 Å². The van der Waals surface area contributed by atoms with Crippen molar-refractivity contribution in [2.45, 2.75) is 0 Å². The van der Waals surface area contributed by atoms with Gasteiger partial charge in [-0.15, -0.1) is 0 Å². The number of amides is 3. The number of benzene rings is 1. The summed E-state index contributed by atoms with van der Waals surface area (Å²) in [6.45, 7) is -0.422. The zero-order valence-electron chi connectivity index (χ0n) is 9.97. The van der Waals surface area contributed by atoms with E-state index in [9.17, 15) is 14.4 Å². The van der Waals surface area contributed by atoms with E-state index in [1.54, 1.807) is 18.2 Å². The van der Waals surface area contributed by atoms with Crippen LogP contribution in [0.3, 0.4) is 0 Å². The SMILES string of the molecule is O=C(O)COc1ccc(C=C2NC(=O)NC2=O)cc1I. The van der Waals surface area contributed by atoms with Gasteiger partial charge < -0.3 is 15.2 Å². The third-order valence-electron chi connectivity index (χ3n) is 2.34. The molecule has 1 saturated heterocycles. The number of carbonyl (C=O) groups excluding carboxylic acids is 2. The Bertz CT molecular complexity index is 626. The summed E-state index contributed by atoms with van der Waals surface area (Å²) >= 11 is 1.99. The zero-order chi connectivity index (χ0) is 14.7. The average Bonchev–Trinajstić information content (AvgIpc) is 2.66. The fourth-order valence-electron chi connectivity index (χ4n) is 1.51. The van der Waals surface area contributed by atoms with E-state index in [0.29, 0.717) is 14.9 Å². The van der Waals surface area contributed by atoms with Crippen LogP contribution in [-0.4, -0.2) is 29.6 Å². The number of nitrogens with one attached hydrogen (secondary N) is 2. The molecule has 0 aromatic heterocycles. The normalized spacial score (nSPS) is 15.9. The lowest BCUT2D eigenvalue weighted by molar-refractivity contribution is -0.139. The quantitative estimate of drug-likeness (QED) is 0.405. The highest BCUT2D eigenvalue weighted by atomic mass is 127. The van der Waals surface area contributed by atoms with Gasteiger partial charge in [-0.1, -0.05) is 6.07 Å². The topological polar surface area (TPSA) is 105 Å². The molecule has 1 aliphatic heterocycles. The van der Waals surface area contributed by atoms with Crippen LogP contribution in [0.4, 0.5) is 4.79 Å². The molecular formula is C12H9IN2O5. The van der Waals surface area contributed by atoms with Crippen LogP contribution in [0.5, 0.6) is 5.75 Å².